The highest BCUT2D eigenvalue weighted by Gasteiger charge is 2.28. The third kappa shape index (κ3) is 5.40. The number of nitrogens with zero attached hydrogens (tertiary/aromatic N) is 3. The number of hydrogen-bond donors (Lipinski definition) is 0. The number of ether oxygens (including phenoxy) is 2. The van der Waals surface area contributed by atoms with Gasteiger partial charge in [0.25, 0.3) is 17.5 Å². The summed E-state index contributed by atoms with van der Waals surface area (Å²) < 4.78 is 34.2. The van der Waals surface area contributed by atoms with Crippen molar-refractivity contribution in [2.24, 2.45) is 0 Å². The van der Waals surface area contributed by atoms with E-state index in [1.165, 1.54) is 19.1 Å². The molecule has 33 heavy (non-hydrogen) atoms. The van der Waals surface area contributed by atoms with Crippen molar-refractivity contribution in [1.82, 2.24) is 9.80 Å². The van der Waals surface area contributed by atoms with E-state index in [4.69, 9.17) is 9.47 Å². The molecule has 0 spiro atoms. The lowest BCUT2D eigenvalue weighted by Crippen LogP contribution is -2.50. The van der Waals surface area contributed by atoms with Crippen molar-refractivity contribution in [2.45, 2.75) is 4.90 Å². The minimum absolute atomic E-state index is 0.0954. The first-order valence-corrected chi connectivity index (χ1v) is 11.7. The summed E-state index contributed by atoms with van der Waals surface area (Å²) in [7, 11) is -0.791. The molecule has 2 aromatic carbocycles. The lowest BCUT2D eigenvalue weighted by molar-refractivity contribution is -0.385. The maximum absolute atomic E-state index is 12.9. The predicted octanol–water partition coefficient (Wildman–Crippen LogP) is 1.61. The number of rotatable bonds is 6. The van der Waals surface area contributed by atoms with Gasteiger partial charge in [-0.25, -0.2) is 8.42 Å². The van der Waals surface area contributed by atoms with Crippen molar-refractivity contribution < 1.29 is 32.4 Å². The van der Waals surface area contributed by atoms with Crippen LogP contribution in [0, 0.1) is 10.1 Å². The van der Waals surface area contributed by atoms with Gasteiger partial charge in [-0.15, -0.1) is 0 Å². The highest BCUT2D eigenvalue weighted by atomic mass is 32.2. The number of nitro groups is 1. The van der Waals surface area contributed by atoms with Crippen LogP contribution in [0.4, 0.5) is 5.69 Å². The molecule has 0 radical (unpaired) electrons. The molecule has 1 heterocycles. The van der Waals surface area contributed by atoms with Gasteiger partial charge < -0.3 is 19.3 Å². The molecule has 1 saturated heterocycles. The van der Waals surface area contributed by atoms with Gasteiger partial charge in [-0.05, 0) is 18.2 Å². The number of amides is 2. The Labute approximate surface area is 190 Å². The van der Waals surface area contributed by atoms with Crippen LogP contribution in [-0.4, -0.2) is 81.6 Å². The average Bonchev–Trinajstić information content (AvgIpc) is 2.81. The molecule has 0 aliphatic carbocycles. The molecule has 11 nitrogen and oxygen atoms in total. The van der Waals surface area contributed by atoms with E-state index in [2.05, 4.69) is 0 Å². The first-order valence-electron chi connectivity index (χ1n) is 9.84. The summed E-state index contributed by atoms with van der Waals surface area (Å²) in [6.07, 6.45) is 0.915. The highest BCUT2D eigenvalue weighted by Crippen LogP contribution is 2.25. The summed E-state index contributed by atoms with van der Waals surface area (Å²) in [5.41, 5.74) is -0.202. The summed E-state index contributed by atoms with van der Waals surface area (Å²) in [4.78, 5) is 39.0. The summed E-state index contributed by atoms with van der Waals surface area (Å²) in [5.74, 6) is 0.144. The standard InChI is InChI=1S/C21H23N3O8S/c1-31-17-9-15(10-18(13-17)32-2)21(26)23-6-4-22(5-7-23)20(25)14-8-16(24(27)28)12-19(11-14)33(3,29)30/h8-13H,4-7H2,1-3H3. The average molecular weight is 477 g/mol. The second kappa shape index (κ2) is 9.45. The number of carbonyl (C=O) groups excluding carboxylic acids is 2. The van der Waals surface area contributed by atoms with Gasteiger partial charge in [-0.3, -0.25) is 19.7 Å². The van der Waals surface area contributed by atoms with Crippen LogP contribution in [0.5, 0.6) is 11.5 Å². The third-order valence-electron chi connectivity index (χ3n) is 5.23. The molecule has 3 rings (SSSR count). The van der Waals surface area contributed by atoms with E-state index in [1.807, 2.05) is 0 Å². The van der Waals surface area contributed by atoms with E-state index in [1.54, 1.807) is 23.1 Å². The predicted molar refractivity (Wildman–Crippen MR) is 118 cm³/mol. The second-order valence-corrected chi connectivity index (χ2v) is 9.45. The maximum atomic E-state index is 12.9. The SMILES string of the molecule is COc1cc(OC)cc(C(=O)N2CCN(C(=O)c3cc([N+](=O)[O-])cc(S(C)(=O)=O)c3)CC2)c1. The molecule has 0 unspecified atom stereocenters. The van der Waals surface area contributed by atoms with Crippen LogP contribution >= 0.6 is 0 Å². The van der Waals surface area contributed by atoms with Gasteiger partial charge >= 0.3 is 0 Å². The molecule has 1 aliphatic rings. The van der Waals surface area contributed by atoms with E-state index >= 15 is 0 Å². The van der Waals surface area contributed by atoms with Gasteiger partial charge in [0.1, 0.15) is 11.5 Å². The van der Waals surface area contributed by atoms with Gasteiger partial charge in [0.15, 0.2) is 9.84 Å². The number of non-ortho nitro benzene ring substituents is 1. The van der Waals surface area contributed by atoms with Crippen molar-refractivity contribution in [1.29, 1.82) is 0 Å². The quantitative estimate of drug-likeness (QED) is 0.452. The molecule has 0 saturated carbocycles. The Kier molecular flexibility index (Phi) is 6.86. The summed E-state index contributed by atoms with van der Waals surface area (Å²) in [6, 6.07) is 7.94. The normalized spacial score (nSPS) is 14.0. The van der Waals surface area contributed by atoms with Crippen LogP contribution in [0.15, 0.2) is 41.3 Å². The summed E-state index contributed by atoms with van der Waals surface area (Å²) in [5, 5.41) is 11.2. The minimum Gasteiger partial charge on any atom is -0.497 e. The maximum Gasteiger partial charge on any atom is 0.271 e. The molecule has 2 amide bonds. The van der Waals surface area contributed by atoms with Crippen LogP contribution in [0.25, 0.3) is 0 Å². The first-order chi connectivity index (χ1) is 15.5. The van der Waals surface area contributed by atoms with Crippen LogP contribution in [0.1, 0.15) is 20.7 Å². The molecular formula is C21H23N3O8S. The van der Waals surface area contributed by atoms with Gasteiger partial charge in [0.2, 0.25) is 0 Å². The van der Waals surface area contributed by atoms with Gasteiger partial charge in [-0.2, -0.15) is 0 Å². The van der Waals surface area contributed by atoms with Crippen molar-refractivity contribution in [3.8, 4) is 11.5 Å². The smallest absolute Gasteiger partial charge is 0.271 e. The topological polar surface area (TPSA) is 136 Å². The number of nitro benzene ring substituents is 1. The highest BCUT2D eigenvalue weighted by molar-refractivity contribution is 7.90. The molecule has 12 heteroatoms. The molecule has 176 valence electrons. The van der Waals surface area contributed by atoms with Crippen molar-refractivity contribution in [3.05, 3.63) is 57.6 Å². The van der Waals surface area contributed by atoms with Gasteiger partial charge in [-0.1, -0.05) is 0 Å². The third-order valence-corrected chi connectivity index (χ3v) is 6.32. The lowest BCUT2D eigenvalue weighted by Gasteiger charge is -2.35. The Morgan fingerprint density at radius 2 is 1.30 bits per heavy atom. The Morgan fingerprint density at radius 3 is 1.70 bits per heavy atom. The first kappa shape index (κ1) is 24.0. The fourth-order valence-electron chi connectivity index (χ4n) is 3.43. The van der Waals surface area contributed by atoms with Gasteiger partial charge in [0, 0.05) is 61.8 Å². The number of benzene rings is 2. The summed E-state index contributed by atoms with van der Waals surface area (Å²) in [6.45, 7) is 0.834. The molecular weight excluding hydrogens is 454 g/mol. The number of carbonyl (C=O) groups is 2. The van der Waals surface area contributed by atoms with E-state index < -0.39 is 26.4 Å². The zero-order valence-electron chi connectivity index (χ0n) is 18.3. The largest absolute Gasteiger partial charge is 0.497 e. The zero-order chi connectivity index (χ0) is 24.3. The number of sulfone groups is 1. The molecule has 0 aromatic heterocycles. The Bertz CT molecular complexity index is 1180. The Hall–Kier alpha value is -3.67. The Morgan fingerprint density at radius 1 is 0.848 bits per heavy atom. The Balaban J connectivity index is 1.76. The molecule has 0 N–H and O–H groups in total. The van der Waals surface area contributed by atoms with E-state index in [9.17, 15) is 28.1 Å². The molecule has 1 fully saturated rings. The van der Waals surface area contributed by atoms with E-state index in [-0.39, 0.29) is 42.5 Å². The lowest BCUT2D eigenvalue weighted by atomic mass is 10.1. The monoisotopic (exact) mass is 477 g/mol. The molecule has 0 atom stereocenters. The van der Waals surface area contributed by atoms with Crippen molar-refractivity contribution in [2.75, 3.05) is 46.7 Å². The van der Waals surface area contributed by atoms with Crippen LogP contribution in [0.2, 0.25) is 0 Å². The molecule has 1 aliphatic heterocycles. The van der Waals surface area contributed by atoms with E-state index in [0.717, 1.165) is 24.5 Å². The van der Waals surface area contributed by atoms with Crippen LogP contribution in [-0.2, 0) is 9.84 Å². The second-order valence-electron chi connectivity index (χ2n) is 7.43. The minimum atomic E-state index is -3.76. The van der Waals surface area contributed by atoms with Crippen molar-refractivity contribution >= 4 is 27.3 Å². The number of methoxy groups -OCH3 is 2. The fraction of sp³-hybridized carbons (Fsp3) is 0.333. The molecule has 2 aromatic rings. The fourth-order valence-corrected chi connectivity index (χ4v) is 4.11. The van der Waals surface area contributed by atoms with E-state index in [0.29, 0.717) is 17.1 Å². The van der Waals surface area contributed by atoms with Crippen LogP contribution in [0.3, 0.4) is 0 Å². The summed E-state index contributed by atoms with van der Waals surface area (Å²) >= 11 is 0. The number of hydrogen-bond acceptors (Lipinski definition) is 8. The molecule has 0 bridgehead atoms. The van der Waals surface area contributed by atoms with Crippen LogP contribution < -0.4 is 9.47 Å². The number of piperazine rings is 1. The zero-order valence-corrected chi connectivity index (χ0v) is 19.1. The van der Waals surface area contributed by atoms with Crippen molar-refractivity contribution in [3.63, 3.8) is 0 Å². The van der Waals surface area contributed by atoms with Gasteiger partial charge in [0.05, 0.1) is 24.0 Å².